The van der Waals surface area contributed by atoms with Gasteiger partial charge in [0.15, 0.2) is 0 Å². The predicted molar refractivity (Wildman–Crippen MR) is 74.7 cm³/mol. The first-order chi connectivity index (χ1) is 9.08. The van der Waals surface area contributed by atoms with Gasteiger partial charge < -0.3 is 11.1 Å². The molecule has 0 spiro atoms. The number of hydrogen-bond acceptors (Lipinski definition) is 3. The van der Waals surface area contributed by atoms with Crippen molar-refractivity contribution >= 4 is 11.6 Å². The Kier molecular flexibility index (Phi) is 3.97. The summed E-state index contributed by atoms with van der Waals surface area (Å²) in [6, 6.07) is 9.16. The Labute approximate surface area is 112 Å². The topological polar surface area (TPSA) is 72.9 Å². The van der Waals surface area contributed by atoms with Crippen molar-refractivity contribution in [3.8, 4) is 0 Å². The van der Waals surface area contributed by atoms with E-state index in [-0.39, 0.29) is 5.91 Å². The molecule has 1 aromatic carbocycles. The van der Waals surface area contributed by atoms with Gasteiger partial charge in [0.1, 0.15) is 0 Å². The fraction of sp³-hybridized carbons (Fsp3) is 0.286. The SMILES string of the molecule is Cc1c(NC(=O)[C@@H](N)Cc2ccccc2)cnn1C. The van der Waals surface area contributed by atoms with Crippen molar-refractivity contribution in [1.82, 2.24) is 9.78 Å². The Bertz CT molecular complexity index is 562. The summed E-state index contributed by atoms with van der Waals surface area (Å²) in [5, 5.41) is 6.88. The second-order valence-electron chi connectivity index (χ2n) is 4.55. The molecule has 0 unspecified atom stereocenters. The average Bonchev–Trinajstić information content (AvgIpc) is 2.72. The molecule has 1 heterocycles. The van der Waals surface area contributed by atoms with E-state index in [1.165, 1.54) is 0 Å². The second kappa shape index (κ2) is 5.67. The van der Waals surface area contributed by atoms with E-state index in [4.69, 9.17) is 5.73 Å². The minimum absolute atomic E-state index is 0.194. The number of aromatic nitrogens is 2. The molecule has 1 amide bonds. The van der Waals surface area contributed by atoms with Gasteiger partial charge in [-0.1, -0.05) is 30.3 Å². The molecule has 0 fully saturated rings. The minimum Gasteiger partial charge on any atom is -0.322 e. The third-order valence-electron chi connectivity index (χ3n) is 3.13. The Morgan fingerprint density at radius 3 is 2.68 bits per heavy atom. The number of aryl methyl sites for hydroxylation is 1. The van der Waals surface area contributed by atoms with Gasteiger partial charge in [0.25, 0.3) is 0 Å². The summed E-state index contributed by atoms with van der Waals surface area (Å²) in [4.78, 5) is 12.0. The van der Waals surface area contributed by atoms with Crippen molar-refractivity contribution in [1.29, 1.82) is 0 Å². The minimum atomic E-state index is -0.568. The summed E-state index contributed by atoms with van der Waals surface area (Å²) in [5.41, 5.74) is 8.57. The van der Waals surface area contributed by atoms with Crippen LogP contribution in [0.5, 0.6) is 0 Å². The number of benzene rings is 1. The molecule has 3 N–H and O–H groups in total. The third kappa shape index (κ3) is 3.20. The van der Waals surface area contributed by atoms with E-state index >= 15 is 0 Å². The van der Waals surface area contributed by atoms with Gasteiger partial charge in [0.05, 0.1) is 23.6 Å². The highest BCUT2D eigenvalue weighted by Crippen LogP contribution is 2.12. The maximum atomic E-state index is 12.0. The van der Waals surface area contributed by atoms with Crippen LogP contribution < -0.4 is 11.1 Å². The molecule has 0 saturated carbocycles. The Morgan fingerprint density at radius 2 is 2.11 bits per heavy atom. The van der Waals surface area contributed by atoms with E-state index < -0.39 is 6.04 Å². The molecule has 0 radical (unpaired) electrons. The summed E-state index contributed by atoms with van der Waals surface area (Å²) >= 11 is 0. The molecule has 0 aliphatic carbocycles. The van der Waals surface area contributed by atoms with E-state index in [0.717, 1.165) is 11.3 Å². The zero-order valence-electron chi connectivity index (χ0n) is 11.1. The summed E-state index contributed by atoms with van der Waals surface area (Å²) in [6.45, 7) is 1.89. The van der Waals surface area contributed by atoms with Gasteiger partial charge in [-0.2, -0.15) is 5.10 Å². The van der Waals surface area contributed by atoms with Crippen LogP contribution in [0.3, 0.4) is 0 Å². The zero-order chi connectivity index (χ0) is 13.8. The molecule has 0 bridgehead atoms. The highest BCUT2D eigenvalue weighted by Gasteiger charge is 2.16. The molecule has 1 atom stereocenters. The van der Waals surface area contributed by atoms with E-state index in [0.29, 0.717) is 12.1 Å². The van der Waals surface area contributed by atoms with Crippen LogP contribution >= 0.6 is 0 Å². The molecule has 0 aliphatic rings. The largest absolute Gasteiger partial charge is 0.322 e. The lowest BCUT2D eigenvalue weighted by Crippen LogP contribution is -2.37. The molecule has 0 saturated heterocycles. The quantitative estimate of drug-likeness (QED) is 0.866. The lowest BCUT2D eigenvalue weighted by atomic mass is 10.1. The van der Waals surface area contributed by atoms with E-state index in [2.05, 4.69) is 10.4 Å². The van der Waals surface area contributed by atoms with Crippen LogP contribution in [0.4, 0.5) is 5.69 Å². The van der Waals surface area contributed by atoms with Crippen molar-refractivity contribution in [3.05, 3.63) is 47.8 Å². The van der Waals surface area contributed by atoms with Gasteiger partial charge >= 0.3 is 0 Å². The van der Waals surface area contributed by atoms with Crippen LogP contribution in [0.1, 0.15) is 11.3 Å². The van der Waals surface area contributed by atoms with Gasteiger partial charge in [-0.25, -0.2) is 0 Å². The number of amides is 1. The van der Waals surface area contributed by atoms with Crippen LogP contribution in [-0.4, -0.2) is 21.7 Å². The molecule has 1 aromatic heterocycles. The smallest absolute Gasteiger partial charge is 0.241 e. The van der Waals surface area contributed by atoms with Crippen LogP contribution in [0.25, 0.3) is 0 Å². The van der Waals surface area contributed by atoms with Crippen LogP contribution in [-0.2, 0) is 18.3 Å². The summed E-state index contributed by atoms with van der Waals surface area (Å²) in [6.07, 6.45) is 2.15. The standard InChI is InChI=1S/C14H18N4O/c1-10-13(9-16-18(10)2)17-14(19)12(15)8-11-6-4-3-5-7-11/h3-7,9,12H,8,15H2,1-2H3,(H,17,19)/t12-/m0/s1. The number of anilines is 1. The molecular formula is C14H18N4O. The Hall–Kier alpha value is -2.14. The first-order valence-corrected chi connectivity index (χ1v) is 6.17. The van der Waals surface area contributed by atoms with Crippen molar-refractivity contribution in [2.24, 2.45) is 12.8 Å². The number of nitrogens with two attached hydrogens (primary N) is 1. The first-order valence-electron chi connectivity index (χ1n) is 6.17. The molecule has 0 aliphatic heterocycles. The first kappa shape index (κ1) is 13.3. The molecule has 100 valence electrons. The normalized spacial score (nSPS) is 12.2. The van der Waals surface area contributed by atoms with Crippen LogP contribution in [0, 0.1) is 6.92 Å². The van der Waals surface area contributed by atoms with Gasteiger partial charge in [0.2, 0.25) is 5.91 Å². The highest BCUT2D eigenvalue weighted by atomic mass is 16.2. The number of nitrogens with one attached hydrogen (secondary N) is 1. The van der Waals surface area contributed by atoms with Gasteiger partial charge in [-0.3, -0.25) is 9.48 Å². The monoisotopic (exact) mass is 258 g/mol. The van der Waals surface area contributed by atoms with Crippen molar-refractivity contribution in [3.63, 3.8) is 0 Å². The number of carbonyl (C=O) groups is 1. The lowest BCUT2D eigenvalue weighted by molar-refractivity contribution is -0.117. The van der Waals surface area contributed by atoms with E-state index in [9.17, 15) is 4.79 Å². The summed E-state index contributed by atoms with van der Waals surface area (Å²) < 4.78 is 1.71. The molecule has 19 heavy (non-hydrogen) atoms. The highest BCUT2D eigenvalue weighted by molar-refractivity contribution is 5.95. The third-order valence-corrected chi connectivity index (χ3v) is 3.13. The molecule has 2 rings (SSSR count). The Balaban J connectivity index is 1.98. The molecular weight excluding hydrogens is 240 g/mol. The molecule has 5 heteroatoms. The van der Waals surface area contributed by atoms with Gasteiger partial charge in [-0.05, 0) is 18.9 Å². The predicted octanol–water partition coefficient (Wildman–Crippen LogP) is 1.24. The number of hydrogen-bond donors (Lipinski definition) is 2. The van der Waals surface area contributed by atoms with Crippen LogP contribution in [0.2, 0.25) is 0 Å². The maximum Gasteiger partial charge on any atom is 0.241 e. The fourth-order valence-corrected chi connectivity index (χ4v) is 1.81. The average molecular weight is 258 g/mol. The number of rotatable bonds is 4. The molecule has 5 nitrogen and oxygen atoms in total. The zero-order valence-corrected chi connectivity index (χ0v) is 11.1. The summed E-state index contributed by atoms with van der Waals surface area (Å²) in [5.74, 6) is -0.194. The van der Waals surface area contributed by atoms with E-state index in [1.54, 1.807) is 10.9 Å². The van der Waals surface area contributed by atoms with Crippen molar-refractivity contribution < 1.29 is 4.79 Å². The second-order valence-corrected chi connectivity index (χ2v) is 4.55. The van der Waals surface area contributed by atoms with Crippen molar-refractivity contribution in [2.45, 2.75) is 19.4 Å². The van der Waals surface area contributed by atoms with Gasteiger partial charge in [0, 0.05) is 7.05 Å². The Morgan fingerprint density at radius 1 is 1.42 bits per heavy atom. The van der Waals surface area contributed by atoms with E-state index in [1.807, 2.05) is 44.3 Å². The van der Waals surface area contributed by atoms with Gasteiger partial charge in [-0.15, -0.1) is 0 Å². The molecule has 2 aromatic rings. The van der Waals surface area contributed by atoms with Crippen LogP contribution in [0.15, 0.2) is 36.5 Å². The number of nitrogens with zero attached hydrogens (tertiary/aromatic N) is 2. The number of carbonyl (C=O) groups excluding carboxylic acids is 1. The lowest BCUT2D eigenvalue weighted by Gasteiger charge is -2.12. The maximum absolute atomic E-state index is 12.0. The fourth-order valence-electron chi connectivity index (χ4n) is 1.81. The van der Waals surface area contributed by atoms with Crippen molar-refractivity contribution in [2.75, 3.05) is 5.32 Å². The summed E-state index contributed by atoms with van der Waals surface area (Å²) in [7, 11) is 1.83.